The van der Waals surface area contributed by atoms with Crippen LogP contribution in [-0.2, 0) is 6.54 Å². The molecule has 1 aromatic heterocycles. The molecule has 0 radical (unpaired) electrons. The number of anilines is 1. The number of hydrogen-bond acceptors (Lipinski definition) is 4. The Morgan fingerprint density at radius 1 is 1.28 bits per heavy atom. The van der Waals surface area contributed by atoms with Gasteiger partial charge in [-0.25, -0.2) is 9.97 Å². The molecular weight excluding hydrogens is 224 g/mol. The quantitative estimate of drug-likeness (QED) is 0.887. The van der Waals surface area contributed by atoms with Gasteiger partial charge in [0.2, 0.25) is 0 Å². The van der Waals surface area contributed by atoms with Crippen molar-refractivity contribution in [2.75, 3.05) is 25.0 Å². The summed E-state index contributed by atoms with van der Waals surface area (Å²) in [5, 5.41) is 3.21. The first-order valence-electron chi connectivity index (χ1n) is 6.97. The van der Waals surface area contributed by atoms with E-state index in [9.17, 15) is 0 Å². The molecule has 1 saturated heterocycles. The minimum atomic E-state index is 0.385. The summed E-state index contributed by atoms with van der Waals surface area (Å²) < 4.78 is 0. The molecule has 0 amide bonds. The monoisotopic (exact) mass is 248 g/mol. The summed E-state index contributed by atoms with van der Waals surface area (Å²) in [4.78, 5) is 11.7. The molecule has 0 bridgehead atoms. The Bertz CT molecular complexity index is 383. The van der Waals surface area contributed by atoms with E-state index in [2.05, 4.69) is 29.0 Å². The minimum absolute atomic E-state index is 0.385. The van der Waals surface area contributed by atoms with Gasteiger partial charge in [-0.1, -0.05) is 13.8 Å². The van der Waals surface area contributed by atoms with Crippen LogP contribution >= 0.6 is 0 Å². The van der Waals surface area contributed by atoms with Gasteiger partial charge in [0, 0.05) is 25.6 Å². The molecule has 1 N–H and O–H groups in total. The highest BCUT2D eigenvalue weighted by molar-refractivity contribution is 5.49. The van der Waals surface area contributed by atoms with Crippen molar-refractivity contribution in [1.29, 1.82) is 0 Å². The molecule has 100 valence electrons. The summed E-state index contributed by atoms with van der Waals surface area (Å²) in [6, 6.07) is 0. The smallest absolute Gasteiger partial charge is 0.131 e. The summed E-state index contributed by atoms with van der Waals surface area (Å²) in [6.45, 7) is 7.37. The molecule has 2 rings (SSSR count). The van der Waals surface area contributed by atoms with Gasteiger partial charge in [-0.2, -0.15) is 0 Å². The van der Waals surface area contributed by atoms with Crippen molar-refractivity contribution in [2.45, 2.75) is 45.6 Å². The van der Waals surface area contributed by atoms with Crippen LogP contribution in [0, 0.1) is 0 Å². The Morgan fingerprint density at radius 2 is 2.00 bits per heavy atom. The third kappa shape index (κ3) is 2.99. The Kier molecular flexibility index (Phi) is 4.53. The van der Waals surface area contributed by atoms with Gasteiger partial charge in [0.05, 0.1) is 17.6 Å². The minimum Gasteiger partial charge on any atom is -0.369 e. The Balaban J connectivity index is 2.27. The Morgan fingerprint density at radius 3 is 2.61 bits per heavy atom. The zero-order chi connectivity index (χ0) is 13.0. The summed E-state index contributed by atoms with van der Waals surface area (Å²) >= 11 is 0. The topological polar surface area (TPSA) is 41.1 Å². The lowest BCUT2D eigenvalue weighted by molar-refractivity contribution is 0.572. The first kappa shape index (κ1) is 13.3. The predicted octanol–water partition coefficient (Wildman–Crippen LogP) is 2.31. The third-order valence-electron chi connectivity index (χ3n) is 3.42. The average Bonchev–Trinajstić information content (AvgIpc) is 2.40. The van der Waals surface area contributed by atoms with E-state index in [0.717, 1.165) is 31.2 Å². The van der Waals surface area contributed by atoms with Gasteiger partial charge in [-0.05, 0) is 26.3 Å². The number of nitrogens with zero attached hydrogens (tertiary/aromatic N) is 3. The number of rotatable bonds is 4. The summed E-state index contributed by atoms with van der Waals surface area (Å²) in [5.74, 6) is 1.33. The van der Waals surface area contributed by atoms with Crippen LogP contribution in [0.25, 0.3) is 0 Å². The molecule has 1 aromatic rings. The largest absolute Gasteiger partial charge is 0.369 e. The summed E-state index contributed by atoms with van der Waals surface area (Å²) in [6.07, 6.45) is 5.93. The lowest BCUT2D eigenvalue weighted by Crippen LogP contribution is -2.31. The molecule has 18 heavy (non-hydrogen) atoms. The first-order chi connectivity index (χ1) is 8.72. The molecule has 2 heterocycles. The number of hydrogen-bond donors (Lipinski definition) is 1. The van der Waals surface area contributed by atoms with Crippen LogP contribution < -0.4 is 10.2 Å². The van der Waals surface area contributed by atoms with Crippen LogP contribution in [0.2, 0.25) is 0 Å². The molecule has 0 aliphatic carbocycles. The maximum Gasteiger partial charge on any atom is 0.131 e. The van der Waals surface area contributed by atoms with Crippen molar-refractivity contribution in [3.63, 3.8) is 0 Å². The summed E-state index contributed by atoms with van der Waals surface area (Å²) in [5.41, 5.74) is 2.35. The molecule has 0 saturated carbocycles. The maximum atomic E-state index is 4.72. The second-order valence-corrected chi connectivity index (χ2v) is 5.29. The fourth-order valence-corrected chi connectivity index (χ4v) is 2.40. The van der Waals surface area contributed by atoms with Crippen LogP contribution in [0.3, 0.4) is 0 Å². The standard InChI is InChI=1S/C14H24N4/c1-11(2)14-16-10-13(12(17-14)9-15-3)18-7-5-4-6-8-18/h10-11,15H,4-9H2,1-3H3. The molecule has 1 aliphatic heterocycles. The van der Waals surface area contributed by atoms with E-state index in [0.29, 0.717) is 5.92 Å². The second-order valence-electron chi connectivity index (χ2n) is 5.29. The first-order valence-corrected chi connectivity index (χ1v) is 6.97. The van der Waals surface area contributed by atoms with Gasteiger partial charge in [-0.3, -0.25) is 0 Å². The number of nitrogens with one attached hydrogen (secondary N) is 1. The maximum absolute atomic E-state index is 4.72. The van der Waals surface area contributed by atoms with Gasteiger partial charge in [0.1, 0.15) is 5.82 Å². The molecule has 4 nitrogen and oxygen atoms in total. The molecular formula is C14H24N4. The van der Waals surface area contributed by atoms with Gasteiger partial charge in [0.15, 0.2) is 0 Å². The Hall–Kier alpha value is -1.16. The Labute approximate surface area is 110 Å². The normalized spacial score (nSPS) is 16.3. The van der Waals surface area contributed by atoms with Crippen LogP contribution in [-0.4, -0.2) is 30.1 Å². The lowest BCUT2D eigenvalue weighted by Gasteiger charge is -2.30. The van der Waals surface area contributed by atoms with E-state index in [1.54, 1.807) is 0 Å². The zero-order valence-electron chi connectivity index (χ0n) is 11.7. The van der Waals surface area contributed by atoms with E-state index < -0.39 is 0 Å². The molecule has 0 atom stereocenters. The van der Waals surface area contributed by atoms with Crippen molar-refractivity contribution in [1.82, 2.24) is 15.3 Å². The fraction of sp³-hybridized carbons (Fsp3) is 0.714. The van der Waals surface area contributed by atoms with Gasteiger partial charge in [-0.15, -0.1) is 0 Å². The van der Waals surface area contributed by atoms with Crippen LogP contribution in [0.4, 0.5) is 5.69 Å². The molecule has 0 aromatic carbocycles. The fourth-order valence-electron chi connectivity index (χ4n) is 2.40. The van der Waals surface area contributed by atoms with E-state index in [-0.39, 0.29) is 0 Å². The lowest BCUT2D eigenvalue weighted by atomic mass is 10.1. The van der Waals surface area contributed by atoms with Gasteiger partial charge >= 0.3 is 0 Å². The molecule has 4 heteroatoms. The highest BCUT2D eigenvalue weighted by Crippen LogP contribution is 2.23. The highest BCUT2D eigenvalue weighted by Gasteiger charge is 2.17. The number of aromatic nitrogens is 2. The van der Waals surface area contributed by atoms with E-state index in [1.165, 1.54) is 24.9 Å². The van der Waals surface area contributed by atoms with Crippen molar-refractivity contribution in [2.24, 2.45) is 0 Å². The van der Waals surface area contributed by atoms with Crippen molar-refractivity contribution in [3.05, 3.63) is 17.7 Å². The van der Waals surface area contributed by atoms with E-state index >= 15 is 0 Å². The predicted molar refractivity (Wildman–Crippen MR) is 74.9 cm³/mol. The van der Waals surface area contributed by atoms with Gasteiger partial charge < -0.3 is 10.2 Å². The molecule has 1 fully saturated rings. The van der Waals surface area contributed by atoms with Crippen LogP contribution in [0.5, 0.6) is 0 Å². The molecule has 0 unspecified atom stereocenters. The van der Waals surface area contributed by atoms with Crippen molar-refractivity contribution < 1.29 is 0 Å². The SMILES string of the molecule is CNCc1nc(C(C)C)ncc1N1CCCCC1. The summed E-state index contributed by atoms with van der Waals surface area (Å²) in [7, 11) is 1.97. The molecule has 1 aliphatic rings. The van der Waals surface area contributed by atoms with Crippen LogP contribution in [0.1, 0.15) is 50.5 Å². The van der Waals surface area contributed by atoms with E-state index in [1.807, 2.05) is 13.2 Å². The second kappa shape index (κ2) is 6.14. The zero-order valence-corrected chi connectivity index (χ0v) is 11.7. The van der Waals surface area contributed by atoms with Crippen LogP contribution in [0.15, 0.2) is 6.20 Å². The van der Waals surface area contributed by atoms with E-state index in [4.69, 9.17) is 4.98 Å². The third-order valence-corrected chi connectivity index (χ3v) is 3.42. The molecule has 0 spiro atoms. The van der Waals surface area contributed by atoms with Gasteiger partial charge in [0.25, 0.3) is 0 Å². The van der Waals surface area contributed by atoms with Crippen molar-refractivity contribution in [3.8, 4) is 0 Å². The number of piperidine rings is 1. The van der Waals surface area contributed by atoms with Crippen molar-refractivity contribution >= 4 is 5.69 Å². The average molecular weight is 248 g/mol. The highest BCUT2D eigenvalue weighted by atomic mass is 15.2.